The normalized spacial score (nSPS) is 15.4. The van der Waals surface area contributed by atoms with Gasteiger partial charge in [0.2, 0.25) is 5.88 Å². The quantitative estimate of drug-likeness (QED) is 0.771. The van der Waals surface area contributed by atoms with E-state index in [2.05, 4.69) is 0 Å². The average molecular weight is 381 g/mol. The number of esters is 2. The molecule has 0 aromatic heterocycles. The Morgan fingerprint density at radius 1 is 1.00 bits per heavy atom. The molecule has 0 bridgehead atoms. The number of fused-ring (bicyclic) bond motifs is 1. The van der Waals surface area contributed by atoms with Gasteiger partial charge in [-0.1, -0.05) is 42.5 Å². The zero-order chi connectivity index (χ0) is 20.1. The molecule has 0 fully saturated rings. The monoisotopic (exact) mass is 381 g/mol. The van der Waals surface area contributed by atoms with Crippen molar-refractivity contribution in [2.45, 2.75) is 26.2 Å². The van der Waals surface area contributed by atoms with Gasteiger partial charge < -0.3 is 19.9 Å². The number of ether oxygens (including phenoxy) is 3. The first-order valence-corrected chi connectivity index (χ1v) is 9.25. The fourth-order valence-electron chi connectivity index (χ4n) is 3.39. The standard InChI is InChI=1S/C22H23NO5/c1-3-26-18(24)13-16-19-15(14-9-6-5-7-10-14)11-8-12-17(19)28-21(23)20(16)22(25)27-4-2/h5-12,16H,3-4,13,23H2,1-2H3. The Bertz CT molecular complexity index is 904. The van der Waals surface area contributed by atoms with E-state index in [1.165, 1.54) is 0 Å². The number of benzene rings is 2. The van der Waals surface area contributed by atoms with E-state index in [1.807, 2.05) is 42.5 Å². The smallest absolute Gasteiger partial charge is 0.340 e. The van der Waals surface area contributed by atoms with Crippen LogP contribution in [-0.2, 0) is 19.1 Å². The minimum absolute atomic E-state index is 0.0388. The Hall–Kier alpha value is -3.28. The molecule has 1 atom stereocenters. The molecular formula is C22H23NO5. The molecule has 6 nitrogen and oxygen atoms in total. The van der Waals surface area contributed by atoms with Crippen molar-refractivity contribution < 1.29 is 23.8 Å². The van der Waals surface area contributed by atoms with Crippen molar-refractivity contribution in [1.29, 1.82) is 0 Å². The van der Waals surface area contributed by atoms with Crippen LogP contribution in [0.15, 0.2) is 60.0 Å². The summed E-state index contributed by atoms with van der Waals surface area (Å²) in [7, 11) is 0. The van der Waals surface area contributed by atoms with E-state index in [9.17, 15) is 9.59 Å². The van der Waals surface area contributed by atoms with Gasteiger partial charge in [-0.15, -0.1) is 0 Å². The van der Waals surface area contributed by atoms with Crippen LogP contribution in [0.4, 0.5) is 0 Å². The Labute approximate surface area is 163 Å². The molecule has 0 radical (unpaired) electrons. The summed E-state index contributed by atoms with van der Waals surface area (Å²) in [5.74, 6) is -1.18. The second-order valence-corrected chi connectivity index (χ2v) is 6.25. The minimum atomic E-state index is -0.627. The lowest BCUT2D eigenvalue weighted by Gasteiger charge is -2.29. The van der Waals surface area contributed by atoms with Crippen LogP contribution in [0, 0.1) is 0 Å². The second-order valence-electron chi connectivity index (χ2n) is 6.25. The highest BCUT2D eigenvalue weighted by molar-refractivity contribution is 5.94. The number of carbonyl (C=O) groups is 2. The summed E-state index contributed by atoms with van der Waals surface area (Å²) in [5.41, 5.74) is 8.73. The largest absolute Gasteiger partial charge is 0.466 e. The summed E-state index contributed by atoms with van der Waals surface area (Å²) in [6.07, 6.45) is -0.0388. The lowest BCUT2D eigenvalue weighted by molar-refractivity contribution is -0.143. The third kappa shape index (κ3) is 3.86. The zero-order valence-corrected chi connectivity index (χ0v) is 15.9. The van der Waals surface area contributed by atoms with E-state index >= 15 is 0 Å². The van der Waals surface area contributed by atoms with Crippen LogP contribution in [0.3, 0.4) is 0 Å². The molecule has 3 rings (SSSR count). The third-order valence-corrected chi connectivity index (χ3v) is 4.50. The van der Waals surface area contributed by atoms with E-state index in [0.29, 0.717) is 5.75 Å². The van der Waals surface area contributed by atoms with Crippen molar-refractivity contribution in [3.05, 3.63) is 65.6 Å². The topological polar surface area (TPSA) is 87.9 Å². The van der Waals surface area contributed by atoms with Crippen molar-refractivity contribution in [3.63, 3.8) is 0 Å². The van der Waals surface area contributed by atoms with Gasteiger partial charge in [0.1, 0.15) is 11.3 Å². The fourth-order valence-corrected chi connectivity index (χ4v) is 3.39. The van der Waals surface area contributed by atoms with Gasteiger partial charge in [-0.2, -0.15) is 0 Å². The van der Waals surface area contributed by atoms with Crippen LogP contribution in [0.5, 0.6) is 5.75 Å². The molecule has 28 heavy (non-hydrogen) atoms. The maximum atomic E-state index is 12.6. The van der Waals surface area contributed by atoms with E-state index in [-0.39, 0.29) is 31.1 Å². The van der Waals surface area contributed by atoms with Crippen molar-refractivity contribution >= 4 is 11.9 Å². The molecule has 1 aliphatic rings. The van der Waals surface area contributed by atoms with Gasteiger partial charge in [-0.25, -0.2) is 4.79 Å². The van der Waals surface area contributed by atoms with Crippen molar-refractivity contribution in [1.82, 2.24) is 0 Å². The van der Waals surface area contributed by atoms with Crippen molar-refractivity contribution in [2.75, 3.05) is 13.2 Å². The predicted octanol–water partition coefficient (Wildman–Crippen LogP) is 3.52. The van der Waals surface area contributed by atoms with Gasteiger partial charge in [0, 0.05) is 11.5 Å². The van der Waals surface area contributed by atoms with E-state index in [1.54, 1.807) is 19.9 Å². The first-order chi connectivity index (χ1) is 13.6. The lowest BCUT2D eigenvalue weighted by atomic mass is 9.81. The molecule has 1 aliphatic heterocycles. The zero-order valence-electron chi connectivity index (χ0n) is 15.9. The highest BCUT2D eigenvalue weighted by Crippen LogP contribution is 2.45. The Morgan fingerprint density at radius 3 is 2.39 bits per heavy atom. The van der Waals surface area contributed by atoms with Crippen molar-refractivity contribution in [3.8, 4) is 16.9 Å². The third-order valence-electron chi connectivity index (χ3n) is 4.50. The van der Waals surface area contributed by atoms with Crippen LogP contribution in [0.1, 0.15) is 31.7 Å². The molecule has 146 valence electrons. The fraction of sp³-hybridized carbons (Fsp3) is 0.273. The number of carbonyl (C=O) groups excluding carboxylic acids is 2. The summed E-state index contributed by atoms with van der Waals surface area (Å²) in [4.78, 5) is 24.9. The number of hydrogen-bond acceptors (Lipinski definition) is 6. The van der Waals surface area contributed by atoms with E-state index < -0.39 is 17.9 Å². The average Bonchev–Trinajstić information content (AvgIpc) is 2.68. The summed E-state index contributed by atoms with van der Waals surface area (Å²) < 4.78 is 16.1. The highest BCUT2D eigenvalue weighted by Gasteiger charge is 2.37. The summed E-state index contributed by atoms with van der Waals surface area (Å²) in [5, 5.41) is 0. The SMILES string of the molecule is CCOC(=O)CC1C(C(=O)OCC)=C(N)Oc2cccc(-c3ccccc3)c21. The molecular weight excluding hydrogens is 358 g/mol. The molecule has 2 aromatic carbocycles. The number of rotatable bonds is 6. The van der Waals surface area contributed by atoms with Crippen LogP contribution >= 0.6 is 0 Å². The van der Waals surface area contributed by atoms with Crippen LogP contribution in [-0.4, -0.2) is 25.2 Å². The van der Waals surface area contributed by atoms with Gasteiger partial charge in [0.15, 0.2) is 0 Å². The minimum Gasteiger partial charge on any atom is -0.466 e. The molecule has 1 unspecified atom stereocenters. The molecule has 0 aliphatic carbocycles. The molecule has 1 heterocycles. The summed E-state index contributed by atoms with van der Waals surface area (Å²) >= 11 is 0. The van der Waals surface area contributed by atoms with Gasteiger partial charge in [-0.05, 0) is 31.0 Å². The molecule has 0 saturated carbocycles. The second kappa shape index (κ2) is 8.61. The summed E-state index contributed by atoms with van der Waals surface area (Å²) in [6, 6.07) is 15.3. The molecule has 0 saturated heterocycles. The van der Waals surface area contributed by atoms with E-state index in [4.69, 9.17) is 19.9 Å². The molecule has 6 heteroatoms. The number of nitrogens with two attached hydrogens (primary N) is 1. The predicted molar refractivity (Wildman–Crippen MR) is 104 cm³/mol. The van der Waals surface area contributed by atoms with Gasteiger partial charge in [0.05, 0.1) is 19.6 Å². The lowest BCUT2D eigenvalue weighted by Crippen LogP contribution is -2.29. The maximum Gasteiger partial charge on any atom is 0.340 e. The maximum absolute atomic E-state index is 12.6. The van der Waals surface area contributed by atoms with Crippen LogP contribution in [0.2, 0.25) is 0 Å². The molecule has 0 spiro atoms. The molecule has 0 amide bonds. The molecule has 2 N–H and O–H groups in total. The first-order valence-electron chi connectivity index (χ1n) is 9.25. The molecule has 2 aromatic rings. The van der Waals surface area contributed by atoms with Crippen molar-refractivity contribution in [2.24, 2.45) is 5.73 Å². The number of hydrogen-bond donors (Lipinski definition) is 1. The van der Waals surface area contributed by atoms with Gasteiger partial charge in [0.25, 0.3) is 0 Å². The van der Waals surface area contributed by atoms with Crippen LogP contribution < -0.4 is 10.5 Å². The Morgan fingerprint density at radius 2 is 1.71 bits per heavy atom. The first kappa shape index (κ1) is 19.5. The Kier molecular flexibility index (Phi) is 5.99. The summed E-state index contributed by atoms with van der Waals surface area (Å²) in [6.45, 7) is 3.89. The van der Waals surface area contributed by atoms with E-state index in [0.717, 1.165) is 16.7 Å². The van der Waals surface area contributed by atoms with Crippen LogP contribution in [0.25, 0.3) is 11.1 Å². The van der Waals surface area contributed by atoms with Gasteiger partial charge >= 0.3 is 11.9 Å². The van der Waals surface area contributed by atoms with Gasteiger partial charge in [-0.3, -0.25) is 4.79 Å². The highest BCUT2D eigenvalue weighted by atomic mass is 16.5. The Balaban J connectivity index is 2.16.